The molecule has 0 bridgehead atoms. The van der Waals surface area contributed by atoms with Crippen LogP contribution in [-0.2, 0) is 27.6 Å². The lowest BCUT2D eigenvalue weighted by Crippen LogP contribution is -2.18. The van der Waals surface area contributed by atoms with Crippen LogP contribution >= 0.6 is 0 Å². The quantitative estimate of drug-likeness (QED) is 0.746. The number of rotatable bonds is 7. The first-order valence-electron chi connectivity index (χ1n) is 7.79. The first kappa shape index (κ1) is 18.0. The van der Waals surface area contributed by atoms with Gasteiger partial charge in [-0.05, 0) is 37.5 Å². The molecule has 1 aromatic carbocycles. The van der Waals surface area contributed by atoms with Gasteiger partial charge in [0.15, 0.2) is 0 Å². The summed E-state index contributed by atoms with van der Waals surface area (Å²) in [6.45, 7) is 5.59. The number of hydrogen-bond acceptors (Lipinski definition) is 5. The summed E-state index contributed by atoms with van der Waals surface area (Å²) >= 11 is 0. The molecule has 0 amide bonds. The number of nitrogens with zero attached hydrogens (tertiary/aromatic N) is 1. The molecule has 0 spiro atoms. The first-order valence-corrected chi connectivity index (χ1v) is 9.27. The number of aromatic amines is 1. The average molecular weight is 351 g/mol. The minimum atomic E-state index is -4.01. The molecule has 130 valence electrons. The number of H-pyrrole nitrogens is 1. The van der Waals surface area contributed by atoms with Gasteiger partial charge in [0, 0.05) is 5.69 Å². The standard InChI is InChI=1S/C16H21N3O4S/c1-4-11-8-7-9-12(10-11)19-24(21,22)15-14(16(20)23-6-3)13(5-2)17-18-15/h7-10,19H,4-6H2,1-3H3,(H,17,18). The number of benzene rings is 1. The smallest absolute Gasteiger partial charge is 0.343 e. The van der Waals surface area contributed by atoms with Crippen LogP contribution in [0.15, 0.2) is 29.3 Å². The van der Waals surface area contributed by atoms with E-state index < -0.39 is 16.0 Å². The number of carbonyl (C=O) groups excluding carboxylic acids is 1. The SMILES string of the molecule is CCOC(=O)c1c(S(=O)(=O)Nc2cccc(CC)c2)n[nH]c1CC. The predicted molar refractivity (Wildman–Crippen MR) is 90.6 cm³/mol. The Labute approximate surface area is 141 Å². The lowest BCUT2D eigenvalue weighted by molar-refractivity contribution is 0.0520. The summed E-state index contributed by atoms with van der Waals surface area (Å²) in [6, 6.07) is 7.07. The number of carbonyl (C=O) groups is 1. The lowest BCUT2D eigenvalue weighted by atomic mass is 10.1. The molecule has 2 aromatic rings. The van der Waals surface area contributed by atoms with Gasteiger partial charge in [0.1, 0.15) is 5.56 Å². The maximum Gasteiger partial charge on any atom is 0.343 e. The Kier molecular flexibility index (Phi) is 5.61. The molecule has 0 saturated heterocycles. The molecule has 0 aliphatic heterocycles. The van der Waals surface area contributed by atoms with Crippen molar-refractivity contribution in [2.45, 2.75) is 38.6 Å². The topological polar surface area (TPSA) is 101 Å². The third kappa shape index (κ3) is 3.76. The number of esters is 1. The minimum Gasteiger partial charge on any atom is -0.462 e. The summed E-state index contributed by atoms with van der Waals surface area (Å²) in [5, 5.41) is 6.08. The van der Waals surface area contributed by atoms with Crippen molar-refractivity contribution in [1.29, 1.82) is 0 Å². The van der Waals surface area contributed by atoms with Crippen LogP contribution in [0, 0.1) is 0 Å². The van der Waals surface area contributed by atoms with Gasteiger partial charge in [-0.2, -0.15) is 13.5 Å². The fraction of sp³-hybridized carbons (Fsp3) is 0.375. The van der Waals surface area contributed by atoms with Crippen LogP contribution in [0.2, 0.25) is 0 Å². The van der Waals surface area contributed by atoms with Crippen LogP contribution < -0.4 is 4.72 Å². The first-order chi connectivity index (χ1) is 11.4. The highest BCUT2D eigenvalue weighted by Crippen LogP contribution is 2.22. The molecule has 0 radical (unpaired) electrons. The summed E-state index contributed by atoms with van der Waals surface area (Å²) in [4.78, 5) is 12.1. The highest BCUT2D eigenvalue weighted by molar-refractivity contribution is 7.92. The van der Waals surface area contributed by atoms with Crippen LogP contribution in [0.25, 0.3) is 0 Å². The molecular weight excluding hydrogens is 330 g/mol. The minimum absolute atomic E-state index is 0.0431. The van der Waals surface area contributed by atoms with Crippen molar-refractivity contribution < 1.29 is 17.9 Å². The van der Waals surface area contributed by atoms with E-state index in [4.69, 9.17) is 4.74 Å². The Morgan fingerprint density at radius 2 is 2.00 bits per heavy atom. The van der Waals surface area contributed by atoms with Crippen molar-refractivity contribution in [2.75, 3.05) is 11.3 Å². The van der Waals surface area contributed by atoms with Crippen molar-refractivity contribution in [3.63, 3.8) is 0 Å². The van der Waals surface area contributed by atoms with Crippen molar-refractivity contribution in [3.05, 3.63) is 41.1 Å². The van der Waals surface area contributed by atoms with Gasteiger partial charge in [0.25, 0.3) is 10.0 Å². The van der Waals surface area contributed by atoms with E-state index in [0.717, 1.165) is 12.0 Å². The molecule has 2 N–H and O–H groups in total. The number of anilines is 1. The van der Waals surface area contributed by atoms with E-state index in [0.29, 0.717) is 17.8 Å². The summed E-state index contributed by atoms with van der Waals surface area (Å²) < 4.78 is 32.7. The molecule has 24 heavy (non-hydrogen) atoms. The van der Waals surface area contributed by atoms with Crippen molar-refractivity contribution in [1.82, 2.24) is 10.2 Å². The largest absolute Gasteiger partial charge is 0.462 e. The van der Waals surface area contributed by atoms with E-state index in [-0.39, 0.29) is 17.2 Å². The van der Waals surface area contributed by atoms with Gasteiger partial charge in [0.2, 0.25) is 5.03 Å². The van der Waals surface area contributed by atoms with Gasteiger partial charge in [0.05, 0.1) is 12.3 Å². The molecule has 7 nitrogen and oxygen atoms in total. The maximum atomic E-state index is 12.7. The molecule has 0 atom stereocenters. The third-order valence-corrected chi connectivity index (χ3v) is 4.79. The molecule has 0 saturated carbocycles. The van der Waals surface area contributed by atoms with Gasteiger partial charge in [-0.1, -0.05) is 26.0 Å². The Bertz CT molecular complexity index is 828. The number of nitrogens with one attached hydrogen (secondary N) is 2. The summed E-state index contributed by atoms with van der Waals surface area (Å²) in [5.74, 6) is -0.703. The van der Waals surface area contributed by atoms with E-state index in [2.05, 4.69) is 14.9 Å². The molecule has 0 fully saturated rings. The van der Waals surface area contributed by atoms with E-state index >= 15 is 0 Å². The zero-order chi connectivity index (χ0) is 17.7. The number of aromatic nitrogens is 2. The fourth-order valence-corrected chi connectivity index (χ4v) is 3.46. The highest BCUT2D eigenvalue weighted by atomic mass is 32.2. The second-order valence-corrected chi connectivity index (χ2v) is 6.71. The molecule has 0 aliphatic rings. The van der Waals surface area contributed by atoms with Crippen LogP contribution in [0.4, 0.5) is 5.69 Å². The van der Waals surface area contributed by atoms with Gasteiger partial charge in [-0.25, -0.2) is 4.79 Å². The Morgan fingerprint density at radius 1 is 1.25 bits per heavy atom. The second kappa shape index (κ2) is 7.48. The van der Waals surface area contributed by atoms with Crippen LogP contribution in [0.5, 0.6) is 0 Å². The summed E-state index contributed by atoms with van der Waals surface area (Å²) in [7, 11) is -4.01. The fourth-order valence-electron chi connectivity index (χ4n) is 2.28. The highest BCUT2D eigenvalue weighted by Gasteiger charge is 2.30. The monoisotopic (exact) mass is 351 g/mol. The van der Waals surface area contributed by atoms with E-state index in [1.54, 1.807) is 32.0 Å². The second-order valence-electron chi connectivity index (χ2n) is 5.12. The molecule has 2 rings (SSSR count). The van der Waals surface area contributed by atoms with Gasteiger partial charge < -0.3 is 4.74 Å². The van der Waals surface area contributed by atoms with Gasteiger partial charge in [-0.15, -0.1) is 0 Å². The van der Waals surface area contributed by atoms with Crippen LogP contribution in [0.1, 0.15) is 42.4 Å². The number of aryl methyl sites for hydroxylation is 2. The van der Waals surface area contributed by atoms with Gasteiger partial charge in [-0.3, -0.25) is 9.82 Å². The van der Waals surface area contributed by atoms with Crippen molar-refractivity contribution in [2.24, 2.45) is 0 Å². The maximum absolute atomic E-state index is 12.7. The average Bonchev–Trinajstić information content (AvgIpc) is 3.00. The van der Waals surface area contributed by atoms with Crippen LogP contribution in [0.3, 0.4) is 0 Å². The van der Waals surface area contributed by atoms with E-state index in [9.17, 15) is 13.2 Å². The van der Waals surface area contributed by atoms with Crippen molar-refractivity contribution in [3.8, 4) is 0 Å². The zero-order valence-corrected chi connectivity index (χ0v) is 14.7. The molecule has 8 heteroatoms. The van der Waals surface area contributed by atoms with Crippen LogP contribution in [-0.4, -0.2) is 31.2 Å². The van der Waals surface area contributed by atoms with Gasteiger partial charge >= 0.3 is 5.97 Å². The zero-order valence-electron chi connectivity index (χ0n) is 13.9. The molecule has 0 aliphatic carbocycles. The molecule has 1 aromatic heterocycles. The van der Waals surface area contributed by atoms with E-state index in [1.165, 1.54) is 0 Å². The lowest BCUT2D eigenvalue weighted by Gasteiger charge is -2.09. The molecule has 0 unspecified atom stereocenters. The summed E-state index contributed by atoms with van der Waals surface area (Å²) in [5.41, 5.74) is 1.80. The molecule has 1 heterocycles. The number of hydrogen-bond donors (Lipinski definition) is 2. The normalized spacial score (nSPS) is 11.3. The number of ether oxygens (including phenoxy) is 1. The predicted octanol–water partition coefficient (Wildman–Crippen LogP) is 2.51. The Balaban J connectivity index is 2.42. The van der Waals surface area contributed by atoms with E-state index in [1.807, 2.05) is 13.0 Å². The Morgan fingerprint density at radius 3 is 2.62 bits per heavy atom. The Hall–Kier alpha value is -2.35. The summed E-state index contributed by atoms with van der Waals surface area (Å²) in [6.07, 6.45) is 1.22. The third-order valence-electron chi connectivity index (χ3n) is 3.48. The molecular formula is C16H21N3O4S. The van der Waals surface area contributed by atoms with Crippen molar-refractivity contribution >= 4 is 21.7 Å². The number of sulfonamides is 1.